The Balaban J connectivity index is 1.10. The third-order valence-electron chi connectivity index (χ3n) is 10.7. The zero-order chi connectivity index (χ0) is 36.9. The summed E-state index contributed by atoms with van der Waals surface area (Å²) in [6.45, 7) is 4.68. The summed E-state index contributed by atoms with van der Waals surface area (Å²) in [6, 6.07) is 61.0. The fourth-order valence-corrected chi connectivity index (χ4v) is 8.17. The van der Waals surface area contributed by atoms with Crippen LogP contribution >= 0.6 is 0 Å². The lowest BCUT2D eigenvalue weighted by Crippen LogP contribution is -2.16. The Kier molecular flexibility index (Phi) is 7.64. The SMILES string of the molecule is CC1(C)c2cc(C#Cc3nc(-c4ccccc4)nc(N(c4ccccc4)c4ccccc4)n3)ccc2-c2ccc3c4ccccc4n(-c4ccccc4)c3c21. The van der Waals surface area contributed by atoms with Gasteiger partial charge in [-0.1, -0.05) is 141 Å². The van der Waals surface area contributed by atoms with Crippen molar-refractivity contribution in [2.24, 2.45) is 0 Å². The standard InChI is InChI=1S/C50H35N5/c1-50(2)43-33-34(27-29-39(43)41-30-31-42-40-25-15-16-26-44(40)55(47(42)46(41)50)38-23-13-6-14-24-38)28-32-45-51-48(35-17-7-3-8-18-35)53-49(52-45)54(36-19-9-4-10-20-36)37-21-11-5-12-22-37/h3-27,29-31,33H,1-2H3. The first kappa shape index (κ1) is 32.4. The van der Waals surface area contributed by atoms with Crippen LogP contribution in [0.5, 0.6) is 0 Å². The molecule has 0 bridgehead atoms. The van der Waals surface area contributed by atoms with Gasteiger partial charge < -0.3 is 4.57 Å². The summed E-state index contributed by atoms with van der Waals surface area (Å²) in [5.74, 6) is 8.26. The van der Waals surface area contributed by atoms with Crippen molar-refractivity contribution in [1.82, 2.24) is 19.5 Å². The maximum Gasteiger partial charge on any atom is 0.239 e. The molecule has 260 valence electrons. The summed E-state index contributed by atoms with van der Waals surface area (Å²) in [7, 11) is 0. The number of fused-ring (bicyclic) bond motifs is 7. The highest BCUT2D eigenvalue weighted by atomic mass is 15.3. The van der Waals surface area contributed by atoms with Crippen LogP contribution in [0.2, 0.25) is 0 Å². The second kappa shape index (κ2) is 13.0. The van der Waals surface area contributed by atoms with Gasteiger partial charge in [0.1, 0.15) is 0 Å². The second-order valence-electron chi connectivity index (χ2n) is 14.4. The van der Waals surface area contributed by atoms with E-state index in [2.05, 4.69) is 139 Å². The third-order valence-corrected chi connectivity index (χ3v) is 10.7. The zero-order valence-corrected chi connectivity index (χ0v) is 30.5. The highest BCUT2D eigenvalue weighted by molar-refractivity contribution is 6.13. The molecule has 2 aromatic heterocycles. The molecule has 0 unspecified atom stereocenters. The molecular formula is C50H35N5. The van der Waals surface area contributed by atoms with Crippen molar-refractivity contribution in [3.63, 3.8) is 0 Å². The highest BCUT2D eigenvalue weighted by Crippen LogP contribution is 2.53. The van der Waals surface area contributed by atoms with Gasteiger partial charge in [-0.3, -0.25) is 4.90 Å². The molecule has 1 aliphatic rings. The van der Waals surface area contributed by atoms with Crippen LogP contribution in [-0.2, 0) is 5.41 Å². The maximum absolute atomic E-state index is 5.00. The van der Waals surface area contributed by atoms with Crippen molar-refractivity contribution >= 4 is 39.1 Å². The molecule has 55 heavy (non-hydrogen) atoms. The lowest BCUT2D eigenvalue weighted by molar-refractivity contribution is 0.663. The van der Waals surface area contributed by atoms with Gasteiger partial charge in [0.15, 0.2) is 5.82 Å². The van der Waals surface area contributed by atoms with Crippen LogP contribution in [0.3, 0.4) is 0 Å². The fourth-order valence-electron chi connectivity index (χ4n) is 8.17. The molecule has 0 saturated carbocycles. The first-order chi connectivity index (χ1) is 27.0. The van der Waals surface area contributed by atoms with Crippen LogP contribution < -0.4 is 4.90 Å². The normalized spacial score (nSPS) is 12.5. The van der Waals surface area contributed by atoms with Crippen molar-refractivity contribution in [3.8, 4) is 40.0 Å². The van der Waals surface area contributed by atoms with Crippen molar-refractivity contribution in [1.29, 1.82) is 0 Å². The summed E-state index contributed by atoms with van der Waals surface area (Å²) in [5.41, 5.74) is 12.1. The minimum atomic E-state index is -0.282. The van der Waals surface area contributed by atoms with E-state index in [0.717, 1.165) is 28.2 Å². The molecule has 0 aliphatic heterocycles. The first-order valence-electron chi connectivity index (χ1n) is 18.6. The summed E-state index contributed by atoms with van der Waals surface area (Å²) in [4.78, 5) is 16.9. The summed E-state index contributed by atoms with van der Waals surface area (Å²) >= 11 is 0. The van der Waals surface area contributed by atoms with Gasteiger partial charge in [0.25, 0.3) is 0 Å². The number of benzene rings is 7. The van der Waals surface area contributed by atoms with E-state index in [1.54, 1.807) is 0 Å². The van der Waals surface area contributed by atoms with Crippen LogP contribution in [0.1, 0.15) is 36.4 Å². The van der Waals surface area contributed by atoms with E-state index < -0.39 is 0 Å². The number of hydrogen-bond donors (Lipinski definition) is 0. The van der Waals surface area contributed by atoms with Gasteiger partial charge in [-0.15, -0.1) is 0 Å². The number of hydrogen-bond acceptors (Lipinski definition) is 4. The average molecular weight is 706 g/mol. The van der Waals surface area contributed by atoms with Gasteiger partial charge >= 0.3 is 0 Å². The Morgan fingerprint density at radius 1 is 0.545 bits per heavy atom. The Labute approximate surface area is 320 Å². The van der Waals surface area contributed by atoms with E-state index in [4.69, 9.17) is 15.0 Å². The Morgan fingerprint density at radius 3 is 1.87 bits per heavy atom. The van der Waals surface area contributed by atoms with Crippen LogP contribution in [0.4, 0.5) is 17.3 Å². The molecule has 1 aliphatic carbocycles. The van der Waals surface area contributed by atoms with Crippen LogP contribution in [0.15, 0.2) is 176 Å². The molecule has 0 fully saturated rings. The van der Waals surface area contributed by atoms with Crippen molar-refractivity contribution in [2.45, 2.75) is 19.3 Å². The first-order valence-corrected chi connectivity index (χ1v) is 18.6. The lowest BCUT2D eigenvalue weighted by atomic mass is 9.81. The molecule has 5 heteroatoms. The van der Waals surface area contributed by atoms with Crippen molar-refractivity contribution in [3.05, 3.63) is 198 Å². The Bertz CT molecular complexity index is 2900. The fraction of sp³-hybridized carbons (Fsp3) is 0.0600. The highest BCUT2D eigenvalue weighted by Gasteiger charge is 2.38. The molecule has 0 N–H and O–H groups in total. The molecule has 7 aromatic carbocycles. The predicted molar refractivity (Wildman–Crippen MR) is 224 cm³/mol. The molecular weight excluding hydrogens is 671 g/mol. The van der Waals surface area contributed by atoms with E-state index >= 15 is 0 Å². The Morgan fingerprint density at radius 2 is 1.16 bits per heavy atom. The summed E-state index contributed by atoms with van der Waals surface area (Å²) in [6.07, 6.45) is 0. The van der Waals surface area contributed by atoms with Crippen LogP contribution in [0.25, 0.3) is 50.0 Å². The van der Waals surface area contributed by atoms with Crippen molar-refractivity contribution in [2.75, 3.05) is 4.90 Å². The summed E-state index contributed by atoms with van der Waals surface area (Å²) in [5, 5.41) is 2.52. The molecule has 0 spiro atoms. The molecule has 0 amide bonds. The number of para-hydroxylation sites is 4. The number of rotatable bonds is 5. The van der Waals surface area contributed by atoms with Crippen LogP contribution in [0, 0.1) is 11.8 Å². The lowest BCUT2D eigenvalue weighted by Gasteiger charge is -2.24. The minimum absolute atomic E-state index is 0.282. The largest absolute Gasteiger partial charge is 0.309 e. The predicted octanol–water partition coefficient (Wildman–Crippen LogP) is 11.8. The molecule has 0 atom stereocenters. The second-order valence-corrected chi connectivity index (χ2v) is 14.4. The molecule has 9 aromatic rings. The topological polar surface area (TPSA) is 46.8 Å². The van der Waals surface area contributed by atoms with Gasteiger partial charge in [0.2, 0.25) is 11.8 Å². The van der Waals surface area contributed by atoms with Crippen molar-refractivity contribution < 1.29 is 0 Å². The Hall–Kier alpha value is -7.29. The van der Waals surface area contributed by atoms with E-state index in [1.165, 1.54) is 44.1 Å². The van der Waals surface area contributed by atoms with E-state index in [1.807, 2.05) is 71.6 Å². The third kappa shape index (κ3) is 5.47. The molecule has 10 rings (SSSR count). The molecule has 0 radical (unpaired) electrons. The number of anilines is 3. The van der Waals surface area contributed by atoms with Gasteiger partial charge in [0, 0.05) is 44.4 Å². The average Bonchev–Trinajstić information content (AvgIpc) is 3.69. The maximum atomic E-state index is 5.00. The van der Waals surface area contributed by atoms with Gasteiger partial charge in [0.05, 0.1) is 11.0 Å². The molecule has 0 saturated heterocycles. The minimum Gasteiger partial charge on any atom is -0.309 e. The monoisotopic (exact) mass is 705 g/mol. The number of aromatic nitrogens is 4. The van der Waals surface area contributed by atoms with Gasteiger partial charge in [-0.2, -0.15) is 9.97 Å². The quantitative estimate of drug-likeness (QED) is 0.167. The van der Waals surface area contributed by atoms with E-state index in [-0.39, 0.29) is 5.41 Å². The van der Waals surface area contributed by atoms with Gasteiger partial charge in [-0.05, 0) is 82.8 Å². The number of nitrogens with zero attached hydrogens (tertiary/aromatic N) is 5. The van der Waals surface area contributed by atoms with E-state index in [0.29, 0.717) is 17.6 Å². The van der Waals surface area contributed by atoms with Gasteiger partial charge in [-0.25, -0.2) is 4.98 Å². The van der Waals surface area contributed by atoms with Crippen LogP contribution in [-0.4, -0.2) is 19.5 Å². The zero-order valence-electron chi connectivity index (χ0n) is 30.5. The summed E-state index contributed by atoms with van der Waals surface area (Å²) < 4.78 is 2.44. The van der Waals surface area contributed by atoms with E-state index in [9.17, 15) is 0 Å². The smallest absolute Gasteiger partial charge is 0.239 e. The molecule has 5 nitrogen and oxygen atoms in total. The molecule has 2 heterocycles.